The molecule has 1 fully saturated rings. The molecule has 1 aliphatic rings. The Morgan fingerprint density at radius 3 is 2.54 bits per heavy atom. The second-order valence-electron chi connectivity index (χ2n) is 5.85. The standard InChI is InChI=1S/C15H20IN5O2S/c1-8(20-6-5-7-20)9(2)21-13-10(11(16)19-21)14(24-4)18-12(17-13)15(22)23-3/h8-9H,5-7H2,1-4H3/t8-,9-/m0/s1. The van der Waals surface area contributed by atoms with Crippen LogP contribution in [0.25, 0.3) is 11.0 Å². The van der Waals surface area contributed by atoms with Crippen LogP contribution in [0, 0.1) is 3.70 Å². The van der Waals surface area contributed by atoms with Crippen molar-refractivity contribution in [1.82, 2.24) is 24.6 Å². The number of esters is 1. The molecule has 0 saturated carbocycles. The highest BCUT2D eigenvalue weighted by atomic mass is 127. The van der Waals surface area contributed by atoms with E-state index in [1.807, 2.05) is 10.9 Å². The van der Waals surface area contributed by atoms with E-state index in [0.29, 0.717) is 11.7 Å². The molecule has 130 valence electrons. The summed E-state index contributed by atoms with van der Waals surface area (Å²) in [6, 6.07) is 0.498. The topological polar surface area (TPSA) is 73.1 Å². The molecule has 0 N–H and O–H groups in total. The van der Waals surface area contributed by atoms with E-state index in [1.54, 1.807) is 0 Å². The first-order valence-electron chi connectivity index (χ1n) is 7.80. The van der Waals surface area contributed by atoms with Crippen LogP contribution in [-0.2, 0) is 4.74 Å². The van der Waals surface area contributed by atoms with Crippen molar-refractivity contribution < 1.29 is 9.53 Å². The summed E-state index contributed by atoms with van der Waals surface area (Å²) in [7, 11) is 1.34. The Kier molecular flexibility index (Phi) is 5.30. The maximum Gasteiger partial charge on any atom is 0.376 e. The Balaban J connectivity index is 2.12. The molecule has 0 spiro atoms. The first-order chi connectivity index (χ1) is 11.5. The smallest absolute Gasteiger partial charge is 0.376 e. The summed E-state index contributed by atoms with van der Waals surface area (Å²) in [5.74, 6) is -0.450. The fourth-order valence-corrected chi connectivity index (χ4v) is 4.32. The molecule has 0 amide bonds. The minimum atomic E-state index is -0.529. The first-order valence-corrected chi connectivity index (χ1v) is 10.1. The number of hydrogen-bond donors (Lipinski definition) is 0. The maximum atomic E-state index is 11.9. The molecule has 0 aliphatic carbocycles. The summed E-state index contributed by atoms with van der Waals surface area (Å²) in [6.45, 7) is 6.60. The molecule has 2 atom stereocenters. The van der Waals surface area contributed by atoms with Gasteiger partial charge in [-0.05, 0) is 62.2 Å². The number of halogens is 1. The van der Waals surface area contributed by atoms with E-state index < -0.39 is 5.97 Å². The van der Waals surface area contributed by atoms with Crippen molar-refractivity contribution in [1.29, 1.82) is 0 Å². The number of thioether (sulfide) groups is 1. The Labute approximate surface area is 158 Å². The largest absolute Gasteiger partial charge is 0.463 e. The zero-order chi connectivity index (χ0) is 17.4. The summed E-state index contributed by atoms with van der Waals surface area (Å²) in [5, 5.41) is 6.35. The molecular weight excluding hydrogens is 441 g/mol. The molecule has 0 radical (unpaired) electrons. The number of aromatic nitrogens is 4. The first kappa shape index (κ1) is 17.9. The molecule has 7 nitrogen and oxygen atoms in total. The lowest BCUT2D eigenvalue weighted by Gasteiger charge is -2.39. The van der Waals surface area contributed by atoms with Crippen molar-refractivity contribution in [2.45, 2.75) is 37.4 Å². The van der Waals surface area contributed by atoms with Gasteiger partial charge in [0.05, 0.1) is 18.5 Å². The number of ether oxygens (including phenoxy) is 1. The van der Waals surface area contributed by atoms with E-state index in [-0.39, 0.29) is 11.9 Å². The number of fused-ring (bicyclic) bond motifs is 1. The van der Waals surface area contributed by atoms with Crippen LogP contribution in [0.5, 0.6) is 0 Å². The highest BCUT2D eigenvalue weighted by molar-refractivity contribution is 14.1. The monoisotopic (exact) mass is 461 g/mol. The van der Waals surface area contributed by atoms with Gasteiger partial charge in [-0.3, -0.25) is 4.90 Å². The Hall–Kier alpha value is -0.940. The van der Waals surface area contributed by atoms with Crippen molar-refractivity contribution in [2.75, 3.05) is 26.5 Å². The lowest BCUT2D eigenvalue weighted by atomic mass is 10.1. The van der Waals surface area contributed by atoms with Crippen LogP contribution in [-0.4, -0.2) is 63.1 Å². The average molecular weight is 461 g/mol. The van der Waals surface area contributed by atoms with Crippen molar-refractivity contribution >= 4 is 51.4 Å². The third-order valence-electron chi connectivity index (χ3n) is 4.59. The highest BCUT2D eigenvalue weighted by Gasteiger charge is 2.29. The fraction of sp³-hybridized carbons (Fsp3) is 0.600. The summed E-state index contributed by atoms with van der Waals surface area (Å²) in [5.41, 5.74) is 0.694. The molecule has 2 aromatic heterocycles. The van der Waals surface area contributed by atoms with Gasteiger partial charge in [0, 0.05) is 6.04 Å². The molecule has 3 rings (SSSR count). The molecule has 1 saturated heterocycles. The number of likely N-dealkylation sites (tertiary alicyclic amines) is 1. The predicted octanol–water partition coefficient (Wildman–Crippen LogP) is 2.59. The Bertz CT molecular complexity index is 777. The number of rotatable bonds is 5. The van der Waals surface area contributed by atoms with Gasteiger partial charge in [-0.15, -0.1) is 11.8 Å². The van der Waals surface area contributed by atoms with Crippen LogP contribution >= 0.6 is 34.4 Å². The van der Waals surface area contributed by atoms with Gasteiger partial charge in [-0.25, -0.2) is 19.4 Å². The Morgan fingerprint density at radius 2 is 2.00 bits per heavy atom. The molecular formula is C15H20IN5O2S. The highest BCUT2D eigenvalue weighted by Crippen LogP contribution is 2.31. The van der Waals surface area contributed by atoms with E-state index in [0.717, 1.165) is 27.2 Å². The van der Waals surface area contributed by atoms with Gasteiger partial charge in [0.15, 0.2) is 5.65 Å². The lowest BCUT2D eigenvalue weighted by Crippen LogP contribution is -2.47. The normalized spacial score (nSPS) is 17.5. The summed E-state index contributed by atoms with van der Waals surface area (Å²) < 4.78 is 7.57. The number of carbonyl (C=O) groups excluding carboxylic acids is 1. The minimum Gasteiger partial charge on any atom is -0.463 e. The van der Waals surface area contributed by atoms with E-state index in [9.17, 15) is 4.79 Å². The molecule has 0 unspecified atom stereocenters. The van der Waals surface area contributed by atoms with Gasteiger partial charge in [-0.1, -0.05) is 0 Å². The summed E-state index contributed by atoms with van der Waals surface area (Å²) in [6.07, 6.45) is 3.18. The summed E-state index contributed by atoms with van der Waals surface area (Å²) >= 11 is 3.69. The number of hydrogen-bond acceptors (Lipinski definition) is 7. The van der Waals surface area contributed by atoms with Crippen LogP contribution < -0.4 is 0 Å². The van der Waals surface area contributed by atoms with Gasteiger partial charge in [0.1, 0.15) is 8.73 Å². The molecule has 9 heteroatoms. The number of methoxy groups -OCH3 is 1. The second-order valence-corrected chi connectivity index (χ2v) is 7.67. The third kappa shape index (κ3) is 3.01. The third-order valence-corrected chi connectivity index (χ3v) is 6.02. The number of nitrogens with zero attached hydrogens (tertiary/aromatic N) is 5. The van der Waals surface area contributed by atoms with E-state index in [1.165, 1.54) is 25.3 Å². The van der Waals surface area contributed by atoms with Crippen LogP contribution in [0.1, 0.15) is 36.9 Å². The molecule has 2 aromatic rings. The van der Waals surface area contributed by atoms with Gasteiger partial charge in [-0.2, -0.15) is 5.10 Å². The van der Waals surface area contributed by atoms with Gasteiger partial charge >= 0.3 is 5.97 Å². The molecule has 0 aromatic carbocycles. The van der Waals surface area contributed by atoms with Crippen LogP contribution in [0.15, 0.2) is 5.03 Å². The molecule has 0 bridgehead atoms. The minimum absolute atomic E-state index is 0.0794. The van der Waals surface area contributed by atoms with Crippen molar-refractivity contribution in [3.63, 3.8) is 0 Å². The SMILES string of the molecule is COC(=O)c1nc(SC)c2c(I)nn([C@@H](C)[C@H](C)N3CCC3)c2n1. The van der Waals surface area contributed by atoms with Crippen molar-refractivity contribution in [3.8, 4) is 0 Å². The van der Waals surface area contributed by atoms with Crippen LogP contribution in [0.3, 0.4) is 0 Å². The Morgan fingerprint density at radius 1 is 1.29 bits per heavy atom. The van der Waals surface area contributed by atoms with E-state index >= 15 is 0 Å². The zero-order valence-electron chi connectivity index (χ0n) is 14.1. The average Bonchev–Trinajstić information content (AvgIpc) is 2.87. The van der Waals surface area contributed by atoms with Gasteiger partial charge in [0.25, 0.3) is 0 Å². The lowest BCUT2D eigenvalue weighted by molar-refractivity contribution is 0.0586. The number of carbonyl (C=O) groups is 1. The van der Waals surface area contributed by atoms with E-state index in [4.69, 9.17) is 9.84 Å². The fourth-order valence-electron chi connectivity index (χ4n) is 2.84. The van der Waals surface area contributed by atoms with Crippen LogP contribution in [0.4, 0.5) is 0 Å². The molecule has 24 heavy (non-hydrogen) atoms. The predicted molar refractivity (Wildman–Crippen MR) is 102 cm³/mol. The quantitative estimate of drug-likeness (QED) is 0.293. The van der Waals surface area contributed by atoms with Gasteiger partial charge < -0.3 is 4.74 Å². The second kappa shape index (κ2) is 7.12. The maximum absolute atomic E-state index is 11.9. The van der Waals surface area contributed by atoms with Crippen molar-refractivity contribution in [2.24, 2.45) is 0 Å². The van der Waals surface area contributed by atoms with E-state index in [2.05, 4.69) is 51.3 Å². The molecule has 1 aliphatic heterocycles. The van der Waals surface area contributed by atoms with Crippen LogP contribution in [0.2, 0.25) is 0 Å². The molecule has 3 heterocycles. The van der Waals surface area contributed by atoms with Gasteiger partial charge in [0.2, 0.25) is 5.82 Å². The zero-order valence-corrected chi connectivity index (χ0v) is 17.1. The summed E-state index contributed by atoms with van der Waals surface area (Å²) in [4.78, 5) is 23.1. The van der Waals surface area contributed by atoms with Crippen molar-refractivity contribution in [3.05, 3.63) is 9.53 Å².